The fraction of sp³-hybridized carbons (Fsp3) is 0.0667. The van der Waals surface area contributed by atoms with Gasteiger partial charge in [0.2, 0.25) is 0 Å². The maximum atomic E-state index is 14.5. The fourth-order valence-electron chi connectivity index (χ4n) is 3.95. The highest BCUT2D eigenvalue weighted by Crippen LogP contribution is 2.32. The van der Waals surface area contributed by atoms with Gasteiger partial charge < -0.3 is 5.32 Å². The molecule has 7 nitrogen and oxygen atoms in total. The van der Waals surface area contributed by atoms with Crippen LogP contribution in [-0.4, -0.2) is 28.4 Å². The SMILES string of the molecule is Cc1cc(C=Cc2nccc(-c3cccc(NC(=O)c4ccc(C=O)cn4)c3C)c2C#N)c(F)cc1C=O. The van der Waals surface area contributed by atoms with Gasteiger partial charge in [-0.05, 0) is 79.1 Å². The highest BCUT2D eigenvalue weighted by molar-refractivity contribution is 6.04. The maximum absolute atomic E-state index is 14.5. The van der Waals surface area contributed by atoms with Crippen LogP contribution in [0.15, 0.2) is 60.9 Å². The Bertz CT molecular complexity index is 1640. The van der Waals surface area contributed by atoms with Crippen LogP contribution in [-0.2, 0) is 0 Å². The minimum atomic E-state index is -0.557. The number of nitrogens with zero attached hydrogens (tertiary/aromatic N) is 3. The minimum absolute atomic E-state index is 0.151. The van der Waals surface area contributed by atoms with Crippen LogP contribution in [0, 0.1) is 31.0 Å². The largest absolute Gasteiger partial charge is 0.320 e. The molecule has 38 heavy (non-hydrogen) atoms. The van der Waals surface area contributed by atoms with E-state index >= 15 is 0 Å². The molecule has 0 aliphatic heterocycles. The molecule has 4 aromatic rings. The van der Waals surface area contributed by atoms with E-state index in [1.165, 1.54) is 30.5 Å². The van der Waals surface area contributed by atoms with E-state index in [4.69, 9.17) is 0 Å². The van der Waals surface area contributed by atoms with Crippen LogP contribution < -0.4 is 5.32 Å². The Morgan fingerprint density at radius 3 is 2.47 bits per heavy atom. The summed E-state index contributed by atoms with van der Waals surface area (Å²) < 4.78 is 14.5. The number of nitriles is 1. The van der Waals surface area contributed by atoms with Crippen LogP contribution in [0.3, 0.4) is 0 Å². The lowest BCUT2D eigenvalue weighted by Crippen LogP contribution is -2.14. The number of aryl methyl sites for hydroxylation is 1. The van der Waals surface area contributed by atoms with E-state index in [0.29, 0.717) is 51.8 Å². The van der Waals surface area contributed by atoms with Gasteiger partial charge in [-0.1, -0.05) is 12.1 Å². The van der Waals surface area contributed by atoms with Crippen molar-refractivity contribution in [3.05, 3.63) is 112 Å². The van der Waals surface area contributed by atoms with Crippen molar-refractivity contribution in [2.24, 2.45) is 0 Å². The second-order valence-corrected chi connectivity index (χ2v) is 8.44. The average Bonchev–Trinajstić information content (AvgIpc) is 2.94. The van der Waals surface area contributed by atoms with E-state index in [1.54, 1.807) is 43.5 Å². The summed E-state index contributed by atoms with van der Waals surface area (Å²) in [6.45, 7) is 3.53. The first kappa shape index (κ1) is 25.8. The number of aldehydes is 2. The number of rotatable bonds is 7. The third-order valence-electron chi connectivity index (χ3n) is 6.05. The van der Waals surface area contributed by atoms with Gasteiger partial charge in [0.05, 0.1) is 11.3 Å². The van der Waals surface area contributed by atoms with Gasteiger partial charge in [0.25, 0.3) is 5.91 Å². The average molecular weight is 505 g/mol. The molecule has 2 aromatic carbocycles. The molecule has 0 bridgehead atoms. The smallest absolute Gasteiger partial charge is 0.274 e. The first-order chi connectivity index (χ1) is 18.4. The summed E-state index contributed by atoms with van der Waals surface area (Å²) in [6.07, 6.45) is 7.18. The molecule has 0 saturated heterocycles. The zero-order valence-electron chi connectivity index (χ0n) is 20.5. The summed E-state index contributed by atoms with van der Waals surface area (Å²) in [5, 5.41) is 12.8. The number of benzene rings is 2. The minimum Gasteiger partial charge on any atom is -0.320 e. The van der Waals surface area contributed by atoms with Gasteiger partial charge in [-0.2, -0.15) is 5.26 Å². The van der Waals surface area contributed by atoms with Gasteiger partial charge in [0.1, 0.15) is 23.9 Å². The molecule has 1 amide bonds. The number of hydrogen-bond donors (Lipinski definition) is 1. The normalized spacial score (nSPS) is 10.7. The van der Waals surface area contributed by atoms with Crippen LogP contribution in [0.5, 0.6) is 0 Å². The Morgan fingerprint density at radius 1 is 0.974 bits per heavy atom. The van der Waals surface area contributed by atoms with Crippen LogP contribution >= 0.6 is 0 Å². The topological polar surface area (TPSA) is 113 Å². The predicted octanol–water partition coefficient (Wildman–Crippen LogP) is 5.82. The van der Waals surface area contributed by atoms with Crippen molar-refractivity contribution in [2.45, 2.75) is 13.8 Å². The molecule has 2 heterocycles. The molecule has 0 aliphatic rings. The van der Waals surface area contributed by atoms with E-state index < -0.39 is 11.7 Å². The van der Waals surface area contributed by atoms with Gasteiger partial charge in [-0.25, -0.2) is 4.39 Å². The summed E-state index contributed by atoms with van der Waals surface area (Å²) in [6, 6.07) is 14.9. The monoisotopic (exact) mass is 504 g/mol. The second-order valence-electron chi connectivity index (χ2n) is 8.44. The first-order valence-electron chi connectivity index (χ1n) is 11.5. The Balaban J connectivity index is 1.68. The zero-order chi connectivity index (χ0) is 27.2. The molecule has 0 unspecified atom stereocenters. The van der Waals surface area contributed by atoms with Crippen molar-refractivity contribution in [1.29, 1.82) is 5.26 Å². The van der Waals surface area contributed by atoms with E-state index in [1.807, 2.05) is 13.0 Å². The van der Waals surface area contributed by atoms with Crippen molar-refractivity contribution >= 4 is 36.3 Å². The molecule has 0 aliphatic carbocycles. The molecule has 186 valence electrons. The third kappa shape index (κ3) is 5.27. The van der Waals surface area contributed by atoms with Crippen LogP contribution in [0.4, 0.5) is 10.1 Å². The van der Waals surface area contributed by atoms with Crippen LogP contribution in [0.1, 0.15) is 59.2 Å². The number of carbonyl (C=O) groups excluding carboxylic acids is 3. The lowest BCUT2D eigenvalue weighted by molar-refractivity contribution is 0.102. The molecule has 2 aromatic heterocycles. The Morgan fingerprint density at radius 2 is 1.79 bits per heavy atom. The van der Waals surface area contributed by atoms with Crippen LogP contribution in [0.2, 0.25) is 0 Å². The molecule has 0 saturated carbocycles. The summed E-state index contributed by atoms with van der Waals surface area (Å²) in [5.41, 5.74) is 4.85. The molecule has 0 radical (unpaired) electrons. The quantitative estimate of drug-likeness (QED) is 0.317. The lowest BCUT2D eigenvalue weighted by Gasteiger charge is -2.14. The number of amides is 1. The van der Waals surface area contributed by atoms with Crippen molar-refractivity contribution in [2.75, 3.05) is 5.32 Å². The second kappa shape index (κ2) is 11.2. The maximum Gasteiger partial charge on any atom is 0.274 e. The summed E-state index contributed by atoms with van der Waals surface area (Å²) in [5.74, 6) is -1.00. The molecule has 0 fully saturated rings. The third-order valence-corrected chi connectivity index (χ3v) is 6.05. The van der Waals surface area contributed by atoms with Crippen LogP contribution in [0.25, 0.3) is 23.3 Å². The molecule has 0 spiro atoms. The Kier molecular flexibility index (Phi) is 7.59. The molecular weight excluding hydrogens is 483 g/mol. The predicted molar refractivity (Wildman–Crippen MR) is 142 cm³/mol. The van der Waals surface area contributed by atoms with Crippen molar-refractivity contribution < 1.29 is 18.8 Å². The number of hydrogen-bond acceptors (Lipinski definition) is 6. The van der Waals surface area contributed by atoms with Gasteiger partial charge >= 0.3 is 0 Å². The summed E-state index contributed by atoms with van der Waals surface area (Å²) in [7, 11) is 0. The zero-order valence-corrected chi connectivity index (χ0v) is 20.5. The fourth-order valence-corrected chi connectivity index (χ4v) is 3.95. The Hall–Kier alpha value is -5.29. The van der Waals surface area contributed by atoms with E-state index in [0.717, 1.165) is 0 Å². The van der Waals surface area contributed by atoms with Gasteiger partial charge in [-0.3, -0.25) is 24.4 Å². The van der Waals surface area contributed by atoms with Gasteiger partial charge in [-0.15, -0.1) is 0 Å². The van der Waals surface area contributed by atoms with E-state index in [2.05, 4.69) is 21.4 Å². The number of aromatic nitrogens is 2. The van der Waals surface area contributed by atoms with Crippen molar-refractivity contribution in [3.63, 3.8) is 0 Å². The number of halogens is 1. The number of carbonyl (C=O) groups is 3. The molecule has 0 atom stereocenters. The van der Waals surface area contributed by atoms with Crippen molar-refractivity contribution in [1.82, 2.24) is 9.97 Å². The Labute approximate surface area is 218 Å². The van der Waals surface area contributed by atoms with E-state index in [-0.39, 0.29) is 22.4 Å². The molecule has 1 N–H and O–H groups in total. The van der Waals surface area contributed by atoms with Gasteiger partial charge in [0, 0.05) is 40.3 Å². The van der Waals surface area contributed by atoms with Gasteiger partial charge in [0.15, 0.2) is 6.29 Å². The highest BCUT2D eigenvalue weighted by Gasteiger charge is 2.16. The standard InChI is InChI=1S/C30H21FN4O3/c1-18-12-21(26(31)13-22(18)17-37)7-9-28-25(14-32)24(10-11-33-28)23-4-3-5-27(19(23)2)35-30(38)29-8-6-20(16-36)15-34-29/h3-13,15-17H,1-2H3,(H,35,38). The molecular formula is C30H21FN4O3. The summed E-state index contributed by atoms with van der Waals surface area (Å²) >= 11 is 0. The lowest BCUT2D eigenvalue weighted by atomic mass is 9.94. The number of nitrogens with one attached hydrogen (secondary N) is 1. The highest BCUT2D eigenvalue weighted by atomic mass is 19.1. The molecule has 8 heteroatoms. The number of anilines is 1. The number of pyridine rings is 2. The van der Waals surface area contributed by atoms with Crippen molar-refractivity contribution in [3.8, 4) is 17.2 Å². The first-order valence-corrected chi connectivity index (χ1v) is 11.5. The summed E-state index contributed by atoms with van der Waals surface area (Å²) in [4.78, 5) is 42.9. The van der Waals surface area contributed by atoms with E-state index in [9.17, 15) is 24.0 Å². The molecule has 4 rings (SSSR count).